The highest BCUT2D eigenvalue weighted by Crippen LogP contribution is 2.32. The molecule has 7 heteroatoms. The molecule has 1 aliphatic rings. The minimum absolute atomic E-state index is 0.552. The molecule has 1 aliphatic heterocycles. The van der Waals surface area contributed by atoms with E-state index < -0.39 is 11.0 Å². The number of nitrogens with zero attached hydrogens (tertiary/aromatic N) is 3. The molecule has 4 rings (SSSR count). The van der Waals surface area contributed by atoms with Crippen LogP contribution < -0.4 is 5.32 Å². The molecule has 0 saturated heterocycles. The quantitative estimate of drug-likeness (QED) is 0.663. The van der Waals surface area contributed by atoms with Crippen molar-refractivity contribution in [3.63, 3.8) is 0 Å². The Bertz CT molecular complexity index is 1120. The van der Waals surface area contributed by atoms with Crippen LogP contribution in [0, 0.1) is 11.3 Å². The fourth-order valence-electron chi connectivity index (χ4n) is 3.51. The number of nitriles is 1. The van der Waals surface area contributed by atoms with E-state index in [9.17, 15) is 4.21 Å². The van der Waals surface area contributed by atoms with E-state index in [-0.39, 0.29) is 0 Å². The minimum Gasteiger partial charge on any atom is -0.340 e. The van der Waals surface area contributed by atoms with E-state index in [1.54, 1.807) is 24.6 Å². The van der Waals surface area contributed by atoms with Crippen LogP contribution in [0.2, 0.25) is 5.02 Å². The lowest BCUT2D eigenvalue weighted by molar-refractivity contribution is 0.424. The molecule has 1 aromatic heterocycles. The average Bonchev–Trinajstić information content (AvgIpc) is 2.75. The first kappa shape index (κ1) is 19.6. The third-order valence-corrected chi connectivity index (χ3v) is 6.38. The van der Waals surface area contributed by atoms with E-state index in [1.807, 2.05) is 34.6 Å². The third kappa shape index (κ3) is 4.18. The highest BCUT2D eigenvalue weighted by atomic mass is 35.5. The Hall–Kier alpha value is -2.72. The van der Waals surface area contributed by atoms with E-state index in [0.29, 0.717) is 22.9 Å². The smallest absolute Gasteiger partial charge is 0.131 e. The van der Waals surface area contributed by atoms with Crippen LogP contribution in [-0.4, -0.2) is 26.3 Å². The van der Waals surface area contributed by atoms with Crippen molar-refractivity contribution >= 4 is 34.1 Å². The van der Waals surface area contributed by atoms with Crippen LogP contribution in [0.1, 0.15) is 16.7 Å². The molecule has 1 atom stereocenters. The standard InChI is InChI=1S/C22H19ClN4OS/c1-29(28)27-10-9-18-17(14-27)3-2-4-21(18)26-22-11-19(20(23)13-25-22)16-7-5-15(12-24)6-8-16/h2-8,11,13H,9-10,14H2,1H3,(H,25,26). The highest BCUT2D eigenvalue weighted by molar-refractivity contribution is 7.81. The minimum atomic E-state index is -0.968. The Morgan fingerprint density at radius 1 is 1.24 bits per heavy atom. The van der Waals surface area contributed by atoms with Gasteiger partial charge in [0.1, 0.15) is 5.82 Å². The van der Waals surface area contributed by atoms with Gasteiger partial charge < -0.3 is 5.32 Å². The van der Waals surface area contributed by atoms with Gasteiger partial charge in [0.25, 0.3) is 0 Å². The number of rotatable bonds is 4. The number of benzene rings is 2. The number of pyridine rings is 1. The van der Waals surface area contributed by atoms with Crippen molar-refractivity contribution in [1.82, 2.24) is 9.29 Å². The van der Waals surface area contributed by atoms with Gasteiger partial charge in [-0.3, -0.25) is 0 Å². The molecule has 1 N–H and O–H groups in total. The van der Waals surface area contributed by atoms with Crippen LogP contribution >= 0.6 is 11.6 Å². The van der Waals surface area contributed by atoms with Gasteiger partial charge >= 0.3 is 0 Å². The number of hydrogen-bond donors (Lipinski definition) is 1. The summed E-state index contributed by atoms with van der Waals surface area (Å²) in [6.07, 6.45) is 4.18. The molecule has 0 amide bonds. The van der Waals surface area contributed by atoms with Crippen molar-refractivity contribution in [1.29, 1.82) is 5.26 Å². The van der Waals surface area contributed by atoms with Crippen LogP contribution in [0.4, 0.5) is 11.5 Å². The molecule has 29 heavy (non-hydrogen) atoms. The predicted octanol–water partition coefficient (Wildman–Crippen LogP) is 4.67. The predicted molar refractivity (Wildman–Crippen MR) is 117 cm³/mol. The first-order chi connectivity index (χ1) is 14.0. The number of anilines is 2. The molecule has 0 aliphatic carbocycles. The second kappa shape index (κ2) is 8.34. The van der Waals surface area contributed by atoms with Crippen molar-refractivity contribution in [3.05, 3.63) is 76.4 Å². The lowest BCUT2D eigenvalue weighted by Crippen LogP contribution is -2.31. The molecule has 5 nitrogen and oxygen atoms in total. The monoisotopic (exact) mass is 422 g/mol. The number of hydrogen-bond acceptors (Lipinski definition) is 4. The summed E-state index contributed by atoms with van der Waals surface area (Å²) in [6, 6.07) is 17.5. The molecule has 0 saturated carbocycles. The van der Waals surface area contributed by atoms with Gasteiger partial charge in [-0.05, 0) is 47.4 Å². The second-order valence-corrected chi connectivity index (χ2v) is 8.62. The van der Waals surface area contributed by atoms with Crippen molar-refractivity contribution in [2.24, 2.45) is 0 Å². The van der Waals surface area contributed by atoms with Gasteiger partial charge in [0, 0.05) is 36.8 Å². The molecule has 0 bridgehead atoms. The number of nitrogens with one attached hydrogen (secondary N) is 1. The summed E-state index contributed by atoms with van der Waals surface area (Å²) in [5, 5.41) is 13.0. The highest BCUT2D eigenvalue weighted by Gasteiger charge is 2.21. The van der Waals surface area contributed by atoms with Crippen LogP contribution in [0.5, 0.6) is 0 Å². The van der Waals surface area contributed by atoms with Crippen molar-refractivity contribution < 1.29 is 4.21 Å². The summed E-state index contributed by atoms with van der Waals surface area (Å²) in [7, 11) is -0.968. The van der Waals surface area contributed by atoms with E-state index in [4.69, 9.17) is 16.9 Å². The van der Waals surface area contributed by atoms with E-state index in [0.717, 1.165) is 29.8 Å². The molecule has 0 fully saturated rings. The summed E-state index contributed by atoms with van der Waals surface area (Å²) in [5.74, 6) is 0.698. The van der Waals surface area contributed by atoms with Gasteiger partial charge in [0.15, 0.2) is 0 Å². The lowest BCUT2D eigenvalue weighted by Gasteiger charge is -2.28. The van der Waals surface area contributed by atoms with Crippen LogP contribution in [0.3, 0.4) is 0 Å². The van der Waals surface area contributed by atoms with Gasteiger partial charge in [0.2, 0.25) is 0 Å². The van der Waals surface area contributed by atoms with Gasteiger partial charge in [-0.25, -0.2) is 13.5 Å². The molecular weight excluding hydrogens is 404 g/mol. The summed E-state index contributed by atoms with van der Waals surface area (Å²) in [4.78, 5) is 4.43. The third-order valence-electron chi connectivity index (χ3n) is 5.04. The Morgan fingerprint density at radius 2 is 2.03 bits per heavy atom. The van der Waals surface area contributed by atoms with Gasteiger partial charge in [-0.15, -0.1) is 0 Å². The zero-order chi connectivity index (χ0) is 20.4. The molecule has 2 aromatic carbocycles. The molecule has 0 radical (unpaired) electrons. The zero-order valence-corrected chi connectivity index (χ0v) is 17.4. The van der Waals surface area contributed by atoms with E-state index in [2.05, 4.69) is 22.4 Å². The van der Waals surface area contributed by atoms with E-state index >= 15 is 0 Å². The first-order valence-corrected chi connectivity index (χ1v) is 11.1. The van der Waals surface area contributed by atoms with Gasteiger partial charge in [0.05, 0.1) is 27.6 Å². The Balaban J connectivity index is 1.63. The first-order valence-electron chi connectivity index (χ1n) is 9.17. The van der Waals surface area contributed by atoms with E-state index in [1.165, 1.54) is 11.1 Å². The Labute approximate surface area is 177 Å². The topological polar surface area (TPSA) is 69.0 Å². The van der Waals surface area contributed by atoms with Crippen molar-refractivity contribution in [3.8, 4) is 17.2 Å². The molecule has 3 aromatic rings. The van der Waals surface area contributed by atoms with Crippen molar-refractivity contribution in [2.75, 3.05) is 18.1 Å². The number of halogens is 1. The van der Waals surface area contributed by atoms with Gasteiger partial charge in [-0.1, -0.05) is 35.9 Å². The SMILES string of the molecule is CS(=O)N1CCc2c(cccc2Nc2cc(-c3ccc(C#N)cc3)c(Cl)cn2)C1. The lowest BCUT2D eigenvalue weighted by atomic mass is 9.99. The summed E-state index contributed by atoms with van der Waals surface area (Å²) >= 11 is 6.38. The molecule has 146 valence electrons. The summed E-state index contributed by atoms with van der Waals surface area (Å²) in [5.41, 5.74) is 5.80. The molecule has 1 unspecified atom stereocenters. The summed E-state index contributed by atoms with van der Waals surface area (Å²) in [6.45, 7) is 1.44. The second-order valence-electron chi connectivity index (χ2n) is 6.84. The number of fused-ring (bicyclic) bond motifs is 1. The number of aromatic nitrogens is 1. The maximum Gasteiger partial charge on any atom is 0.131 e. The average molecular weight is 423 g/mol. The maximum atomic E-state index is 11.8. The fraction of sp³-hybridized carbons (Fsp3) is 0.182. The molecular formula is C22H19ClN4OS. The van der Waals surface area contributed by atoms with Crippen LogP contribution in [-0.2, 0) is 24.0 Å². The Morgan fingerprint density at radius 3 is 2.76 bits per heavy atom. The Kier molecular flexibility index (Phi) is 5.63. The maximum absolute atomic E-state index is 11.8. The van der Waals surface area contributed by atoms with Crippen molar-refractivity contribution in [2.45, 2.75) is 13.0 Å². The normalized spacial score (nSPS) is 14.7. The van der Waals surface area contributed by atoms with Crippen LogP contribution in [0.15, 0.2) is 54.7 Å². The fourth-order valence-corrected chi connectivity index (χ4v) is 4.39. The largest absolute Gasteiger partial charge is 0.340 e. The molecule has 0 spiro atoms. The summed E-state index contributed by atoms with van der Waals surface area (Å²) < 4.78 is 13.8. The van der Waals surface area contributed by atoms with Gasteiger partial charge in [-0.2, -0.15) is 5.26 Å². The zero-order valence-electron chi connectivity index (χ0n) is 15.9. The van der Waals surface area contributed by atoms with Crippen LogP contribution in [0.25, 0.3) is 11.1 Å². The molecule has 2 heterocycles.